The maximum atomic E-state index is 6.13. The molecule has 1 aromatic heterocycles. The van der Waals surface area contributed by atoms with E-state index in [0.717, 1.165) is 5.56 Å². The second-order valence-corrected chi connectivity index (χ2v) is 5.45. The van der Waals surface area contributed by atoms with E-state index in [-0.39, 0.29) is 6.04 Å². The average Bonchev–Trinajstić information content (AvgIpc) is 2.35. The smallest absolute Gasteiger partial charge is 0.128 e. The minimum absolute atomic E-state index is 0.329. The fraction of sp³-hybridized carbons (Fsp3) is 0.154. The van der Waals surface area contributed by atoms with Crippen molar-refractivity contribution in [3.63, 3.8) is 0 Å². The van der Waals surface area contributed by atoms with E-state index < -0.39 is 0 Å². The molecule has 0 saturated carbocycles. The Labute approximate surface area is 126 Å². The number of nitrogen functional groups attached to an aromatic ring is 1. The number of hydrogen-bond acceptors (Lipinski definition) is 3. The van der Waals surface area contributed by atoms with Crippen LogP contribution < -0.4 is 11.5 Å². The maximum absolute atomic E-state index is 6.13. The largest absolute Gasteiger partial charge is 0.383 e. The van der Waals surface area contributed by atoms with Crippen LogP contribution in [-0.2, 0) is 6.42 Å². The van der Waals surface area contributed by atoms with E-state index in [4.69, 9.17) is 46.3 Å². The molecule has 0 amide bonds. The molecule has 1 unspecified atom stereocenters. The summed E-state index contributed by atoms with van der Waals surface area (Å²) in [6.45, 7) is 0. The second kappa shape index (κ2) is 5.97. The van der Waals surface area contributed by atoms with Crippen LogP contribution in [0.1, 0.15) is 17.2 Å². The molecule has 0 aliphatic rings. The van der Waals surface area contributed by atoms with Gasteiger partial charge in [0.25, 0.3) is 0 Å². The molecule has 1 heterocycles. The van der Waals surface area contributed by atoms with Gasteiger partial charge in [0.05, 0.1) is 5.02 Å². The lowest BCUT2D eigenvalue weighted by molar-refractivity contribution is 0.721. The van der Waals surface area contributed by atoms with E-state index in [0.29, 0.717) is 32.9 Å². The summed E-state index contributed by atoms with van der Waals surface area (Å²) in [5.41, 5.74) is 13.5. The molecule has 1 atom stereocenters. The van der Waals surface area contributed by atoms with Gasteiger partial charge in [0.2, 0.25) is 0 Å². The second-order valence-electron chi connectivity index (χ2n) is 4.17. The van der Waals surface area contributed by atoms with Gasteiger partial charge in [-0.25, -0.2) is 4.98 Å². The first kappa shape index (κ1) is 14.4. The van der Waals surface area contributed by atoms with Gasteiger partial charge in [-0.05, 0) is 30.2 Å². The van der Waals surface area contributed by atoms with Gasteiger partial charge in [-0.1, -0.05) is 40.9 Å². The number of aromatic nitrogens is 1. The molecule has 2 aromatic rings. The highest BCUT2D eigenvalue weighted by molar-refractivity contribution is 6.35. The molecular formula is C13H12Cl3N3. The van der Waals surface area contributed by atoms with E-state index in [1.165, 1.54) is 6.20 Å². The van der Waals surface area contributed by atoms with Crippen LogP contribution in [0.2, 0.25) is 15.1 Å². The Hall–Kier alpha value is -1.000. The molecule has 4 N–H and O–H groups in total. The number of nitrogens with zero attached hydrogens (tertiary/aromatic N) is 1. The van der Waals surface area contributed by atoms with Gasteiger partial charge in [0.15, 0.2) is 0 Å². The third kappa shape index (κ3) is 3.51. The number of hydrogen-bond donors (Lipinski definition) is 2. The van der Waals surface area contributed by atoms with E-state index >= 15 is 0 Å². The Morgan fingerprint density at radius 3 is 2.53 bits per heavy atom. The van der Waals surface area contributed by atoms with Crippen LogP contribution in [-0.4, -0.2) is 4.98 Å². The van der Waals surface area contributed by atoms with Crippen LogP contribution in [0.15, 0.2) is 30.5 Å². The first-order chi connectivity index (χ1) is 8.97. The van der Waals surface area contributed by atoms with Crippen LogP contribution >= 0.6 is 34.8 Å². The van der Waals surface area contributed by atoms with E-state index in [1.807, 2.05) is 6.07 Å². The summed E-state index contributed by atoms with van der Waals surface area (Å²) in [7, 11) is 0. The molecule has 0 radical (unpaired) electrons. The molecule has 0 aliphatic heterocycles. The summed E-state index contributed by atoms with van der Waals surface area (Å²) >= 11 is 17.9. The molecule has 19 heavy (non-hydrogen) atoms. The lowest BCUT2D eigenvalue weighted by Crippen LogP contribution is -2.16. The summed E-state index contributed by atoms with van der Waals surface area (Å²) in [5, 5.41) is 1.67. The third-order valence-electron chi connectivity index (χ3n) is 2.77. The SMILES string of the molecule is Nc1ncc(Cl)cc1C(N)Cc1ccc(Cl)cc1Cl. The zero-order valence-corrected chi connectivity index (χ0v) is 12.2. The van der Waals surface area contributed by atoms with Gasteiger partial charge in [0.1, 0.15) is 5.82 Å². The van der Waals surface area contributed by atoms with Crippen molar-refractivity contribution in [3.05, 3.63) is 56.7 Å². The Morgan fingerprint density at radius 1 is 1.11 bits per heavy atom. The van der Waals surface area contributed by atoms with Gasteiger partial charge < -0.3 is 11.5 Å². The molecule has 0 aliphatic carbocycles. The van der Waals surface area contributed by atoms with Gasteiger partial charge in [-0.15, -0.1) is 0 Å². The molecule has 0 saturated heterocycles. The molecule has 6 heteroatoms. The topological polar surface area (TPSA) is 64.9 Å². The van der Waals surface area contributed by atoms with E-state index in [9.17, 15) is 0 Å². The molecule has 3 nitrogen and oxygen atoms in total. The van der Waals surface area contributed by atoms with Crippen molar-refractivity contribution in [1.29, 1.82) is 0 Å². The van der Waals surface area contributed by atoms with Crippen molar-refractivity contribution in [2.45, 2.75) is 12.5 Å². The molecule has 100 valence electrons. The van der Waals surface area contributed by atoms with Crippen LogP contribution in [0.25, 0.3) is 0 Å². The van der Waals surface area contributed by atoms with Gasteiger partial charge >= 0.3 is 0 Å². The fourth-order valence-corrected chi connectivity index (χ4v) is 2.45. The highest BCUT2D eigenvalue weighted by Gasteiger charge is 2.14. The number of anilines is 1. The lowest BCUT2D eigenvalue weighted by Gasteiger charge is -2.15. The highest BCUT2D eigenvalue weighted by Crippen LogP contribution is 2.27. The number of rotatable bonds is 3. The predicted molar refractivity (Wildman–Crippen MR) is 80.8 cm³/mol. The maximum Gasteiger partial charge on any atom is 0.128 e. The number of pyridine rings is 1. The van der Waals surface area contributed by atoms with Crippen molar-refractivity contribution in [2.75, 3.05) is 5.73 Å². The zero-order valence-electron chi connectivity index (χ0n) is 9.91. The van der Waals surface area contributed by atoms with Gasteiger partial charge in [-0.2, -0.15) is 0 Å². The van der Waals surface area contributed by atoms with Crippen LogP contribution in [0.5, 0.6) is 0 Å². The molecule has 2 rings (SSSR count). The molecule has 0 bridgehead atoms. The molecular weight excluding hydrogens is 305 g/mol. The quantitative estimate of drug-likeness (QED) is 0.903. The van der Waals surface area contributed by atoms with Crippen LogP contribution in [0, 0.1) is 0 Å². The lowest BCUT2D eigenvalue weighted by atomic mass is 10.0. The summed E-state index contributed by atoms with van der Waals surface area (Å²) in [6.07, 6.45) is 2.02. The van der Waals surface area contributed by atoms with E-state index in [2.05, 4.69) is 4.98 Å². The first-order valence-corrected chi connectivity index (χ1v) is 6.71. The monoisotopic (exact) mass is 315 g/mol. The summed E-state index contributed by atoms with van der Waals surface area (Å²) in [5.74, 6) is 0.377. The average molecular weight is 317 g/mol. The van der Waals surface area contributed by atoms with Crippen molar-refractivity contribution >= 4 is 40.6 Å². The standard InChI is InChI=1S/C13H12Cl3N3/c14-8-2-1-7(11(16)5-8)3-12(17)10-4-9(15)6-19-13(10)18/h1-2,4-6,12H,3,17H2,(H2,18,19). The minimum Gasteiger partial charge on any atom is -0.383 e. The van der Waals surface area contributed by atoms with Gasteiger partial charge in [0, 0.05) is 27.8 Å². The fourth-order valence-electron chi connectivity index (χ4n) is 1.80. The van der Waals surface area contributed by atoms with Crippen LogP contribution in [0.4, 0.5) is 5.82 Å². The molecule has 1 aromatic carbocycles. The minimum atomic E-state index is -0.329. The Morgan fingerprint density at radius 2 is 1.84 bits per heavy atom. The van der Waals surface area contributed by atoms with Crippen molar-refractivity contribution in [3.8, 4) is 0 Å². The van der Waals surface area contributed by atoms with Crippen molar-refractivity contribution in [2.24, 2.45) is 5.73 Å². The van der Waals surface area contributed by atoms with E-state index in [1.54, 1.807) is 18.2 Å². The number of benzene rings is 1. The first-order valence-electron chi connectivity index (χ1n) is 5.58. The van der Waals surface area contributed by atoms with Crippen LogP contribution in [0.3, 0.4) is 0 Å². The summed E-state index contributed by atoms with van der Waals surface area (Å²) in [6, 6.07) is 6.70. The molecule has 0 spiro atoms. The number of halogens is 3. The predicted octanol–water partition coefficient (Wildman–Crippen LogP) is 3.87. The molecule has 0 fully saturated rings. The zero-order chi connectivity index (χ0) is 14.0. The Bertz CT molecular complexity index is 602. The third-order valence-corrected chi connectivity index (χ3v) is 3.56. The Balaban J connectivity index is 2.25. The normalized spacial score (nSPS) is 12.4. The number of nitrogens with two attached hydrogens (primary N) is 2. The Kier molecular flexibility index (Phi) is 4.53. The van der Waals surface area contributed by atoms with Crippen molar-refractivity contribution in [1.82, 2.24) is 4.98 Å². The highest BCUT2D eigenvalue weighted by atomic mass is 35.5. The summed E-state index contributed by atoms with van der Waals surface area (Å²) in [4.78, 5) is 3.99. The summed E-state index contributed by atoms with van der Waals surface area (Å²) < 4.78 is 0. The van der Waals surface area contributed by atoms with Crippen molar-refractivity contribution < 1.29 is 0 Å². The van der Waals surface area contributed by atoms with Gasteiger partial charge in [-0.3, -0.25) is 0 Å².